The molecule has 8 nitrogen and oxygen atoms in total. The lowest BCUT2D eigenvalue weighted by Crippen LogP contribution is -2.42. The summed E-state index contributed by atoms with van der Waals surface area (Å²) in [5, 5.41) is 2.65. The molecular weight excluding hydrogens is 346 g/mol. The van der Waals surface area contributed by atoms with E-state index in [1.807, 2.05) is 0 Å². The third-order valence-electron chi connectivity index (χ3n) is 4.08. The Kier molecular flexibility index (Phi) is 3.22. The summed E-state index contributed by atoms with van der Waals surface area (Å²) in [6, 6.07) is 10.8. The fraction of sp³-hybridized carbons (Fsp3) is 0.125. The molecule has 25 heavy (non-hydrogen) atoms. The van der Waals surface area contributed by atoms with E-state index in [1.54, 1.807) is 24.3 Å². The number of aromatic nitrogens is 1. The van der Waals surface area contributed by atoms with Gasteiger partial charge in [-0.3, -0.25) is 13.7 Å². The molecule has 0 saturated carbocycles. The van der Waals surface area contributed by atoms with Gasteiger partial charge in [0.25, 0.3) is 10.0 Å². The van der Waals surface area contributed by atoms with Crippen molar-refractivity contribution in [2.75, 3.05) is 16.2 Å². The molecule has 0 saturated heterocycles. The number of oxazole rings is 1. The molecule has 0 spiro atoms. The zero-order chi connectivity index (χ0) is 17.8. The summed E-state index contributed by atoms with van der Waals surface area (Å²) in [4.78, 5) is 23.5. The van der Waals surface area contributed by atoms with Crippen LogP contribution in [0.2, 0.25) is 0 Å². The molecule has 0 aliphatic carbocycles. The molecule has 0 radical (unpaired) electrons. The van der Waals surface area contributed by atoms with Crippen molar-refractivity contribution in [3.63, 3.8) is 0 Å². The van der Waals surface area contributed by atoms with Crippen molar-refractivity contribution in [2.24, 2.45) is 7.05 Å². The van der Waals surface area contributed by atoms with E-state index in [1.165, 1.54) is 29.8 Å². The van der Waals surface area contributed by atoms with E-state index in [2.05, 4.69) is 5.32 Å². The number of carbonyl (C=O) groups is 1. The molecule has 0 bridgehead atoms. The van der Waals surface area contributed by atoms with Gasteiger partial charge < -0.3 is 9.73 Å². The normalized spacial score (nSPS) is 14.4. The van der Waals surface area contributed by atoms with Crippen LogP contribution < -0.4 is 15.4 Å². The molecule has 128 valence electrons. The Labute approximate surface area is 142 Å². The average molecular weight is 359 g/mol. The predicted molar refractivity (Wildman–Crippen MR) is 91.1 cm³/mol. The molecular formula is C16H13N3O5S. The molecule has 9 heteroatoms. The number of rotatable bonds is 2. The van der Waals surface area contributed by atoms with Crippen molar-refractivity contribution < 1.29 is 17.6 Å². The van der Waals surface area contributed by atoms with Crippen LogP contribution in [0.25, 0.3) is 11.1 Å². The predicted octanol–water partition coefficient (Wildman–Crippen LogP) is 1.28. The number of nitrogens with one attached hydrogen (secondary N) is 1. The molecule has 1 aromatic heterocycles. The molecule has 1 aliphatic heterocycles. The van der Waals surface area contributed by atoms with Gasteiger partial charge in [-0.25, -0.2) is 13.2 Å². The molecule has 3 aromatic rings. The molecule has 2 heterocycles. The van der Waals surface area contributed by atoms with Crippen molar-refractivity contribution in [3.05, 3.63) is 53.0 Å². The van der Waals surface area contributed by atoms with Gasteiger partial charge in [0.2, 0.25) is 5.91 Å². The van der Waals surface area contributed by atoms with Crippen LogP contribution >= 0.6 is 0 Å². The van der Waals surface area contributed by atoms with Gasteiger partial charge in [0.15, 0.2) is 5.58 Å². The first kappa shape index (κ1) is 15.5. The second-order valence-electron chi connectivity index (χ2n) is 5.63. The molecule has 1 aliphatic rings. The zero-order valence-corrected chi connectivity index (χ0v) is 13.9. The number of hydrogen-bond acceptors (Lipinski definition) is 5. The monoisotopic (exact) mass is 359 g/mol. The van der Waals surface area contributed by atoms with Gasteiger partial charge in [0.1, 0.15) is 6.54 Å². The molecule has 0 atom stereocenters. The zero-order valence-electron chi connectivity index (χ0n) is 13.1. The molecule has 2 aromatic carbocycles. The van der Waals surface area contributed by atoms with Crippen LogP contribution in [0, 0.1) is 0 Å². The Balaban J connectivity index is 1.89. The largest absolute Gasteiger partial charge is 0.419 e. The lowest BCUT2D eigenvalue weighted by atomic mass is 10.2. The minimum absolute atomic E-state index is 0.0269. The average Bonchev–Trinajstić information content (AvgIpc) is 2.88. The molecule has 1 amide bonds. The first-order valence-corrected chi connectivity index (χ1v) is 8.83. The van der Waals surface area contributed by atoms with Crippen LogP contribution in [0.3, 0.4) is 0 Å². The van der Waals surface area contributed by atoms with Crippen molar-refractivity contribution in [3.8, 4) is 0 Å². The van der Waals surface area contributed by atoms with Gasteiger partial charge in [-0.2, -0.15) is 0 Å². The number of para-hydroxylation sites is 2. The van der Waals surface area contributed by atoms with Crippen LogP contribution in [0.15, 0.2) is 56.6 Å². The second kappa shape index (κ2) is 5.21. The first-order chi connectivity index (χ1) is 11.9. The number of carbonyl (C=O) groups excluding carboxylic acids is 1. The van der Waals surface area contributed by atoms with Gasteiger partial charge in [-0.15, -0.1) is 0 Å². The number of anilines is 2. The number of hydrogen-bond donors (Lipinski definition) is 1. The highest BCUT2D eigenvalue weighted by Crippen LogP contribution is 2.33. The van der Waals surface area contributed by atoms with E-state index in [-0.39, 0.29) is 11.4 Å². The van der Waals surface area contributed by atoms with Crippen LogP contribution in [0.5, 0.6) is 0 Å². The number of sulfonamides is 1. The fourth-order valence-corrected chi connectivity index (χ4v) is 4.27. The maximum absolute atomic E-state index is 13.1. The van der Waals surface area contributed by atoms with E-state index < -0.39 is 21.7 Å². The minimum atomic E-state index is -3.99. The van der Waals surface area contributed by atoms with Crippen LogP contribution in [0.1, 0.15) is 0 Å². The van der Waals surface area contributed by atoms with Gasteiger partial charge in [0, 0.05) is 7.05 Å². The third-order valence-corrected chi connectivity index (χ3v) is 5.84. The van der Waals surface area contributed by atoms with Crippen LogP contribution in [0.4, 0.5) is 11.4 Å². The maximum Gasteiger partial charge on any atom is 0.419 e. The van der Waals surface area contributed by atoms with E-state index in [0.29, 0.717) is 22.5 Å². The Hall–Kier alpha value is -3.07. The van der Waals surface area contributed by atoms with Crippen LogP contribution in [-0.4, -0.2) is 25.4 Å². The lowest BCUT2D eigenvalue weighted by Gasteiger charge is -2.30. The van der Waals surface area contributed by atoms with E-state index in [9.17, 15) is 18.0 Å². The van der Waals surface area contributed by atoms with Crippen molar-refractivity contribution in [1.29, 1.82) is 0 Å². The van der Waals surface area contributed by atoms with Gasteiger partial charge in [-0.05, 0) is 30.3 Å². The Morgan fingerprint density at radius 3 is 2.68 bits per heavy atom. The summed E-state index contributed by atoms with van der Waals surface area (Å²) in [7, 11) is -2.50. The van der Waals surface area contributed by atoms with E-state index >= 15 is 0 Å². The summed E-state index contributed by atoms with van der Waals surface area (Å²) >= 11 is 0. The van der Waals surface area contributed by atoms with Crippen molar-refractivity contribution >= 4 is 38.4 Å². The lowest BCUT2D eigenvalue weighted by molar-refractivity contribution is -0.115. The van der Waals surface area contributed by atoms with Crippen LogP contribution in [-0.2, 0) is 21.9 Å². The van der Waals surface area contributed by atoms with Crippen molar-refractivity contribution in [2.45, 2.75) is 4.90 Å². The van der Waals surface area contributed by atoms with Gasteiger partial charge in [-0.1, -0.05) is 12.1 Å². The second-order valence-corrected chi connectivity index (χ2v) is 7.50. The smallest absolute Gasteiger partial charge is 0.408 e. The topological polar surface area (TPSA) is 102 Å². The summed E-state index contributed by atoms with van der Waals surface area (Å²) in [5.74, 6) is -0.994. The summed E-state index contributed by atoms with van der Waals surface area (Å²) < 4.78 is 33.5. The summed E-state index contributed by atoms with van der Waals surface area (Å²) in [6.07, 6.45) is 0. The maximum atomic E-state index is 13.1. The number of aryl methyl sites for hydroxylation is 1. The molecule has 0 fully saturated rings. The number of fused-ring (bicyclic) bond motifs is 2. The van der Waals surface area contributed by atoms with Gasteiger partial charge in [0.05, 0.1) is 21.8 Å². The van der Waals surface area contributed by atoms with Crippen molar-refractivity contribution in [1.82, 2.24) is 4.57 Å². The van der Waals surface area contributed by atoms with E-state index in [0.717, 1.165) is 4.31 Å². The number of benzene rings is 2. The minimum Gasteiger partial charge on any atom is -0.408 e. The standard InChI is InChI=1S/C16H13N3O5S/c1-18-13-8-10(6-7-14(13)24-16(18)21)25(22,23)19-9-15(20)17-11-4-2-3-5-12(11)19/h2-8H,9H2,1H3,(H,17,20). The Morgan fingerprint density at radius 2 is 1.88 bits per heavy atom. The fourth-order valence-electron chi connectivity index (χ4n) is 2.81. The Morgan fingerprint density at radius 1 is 1.12 bits per heavy atom. The van der Waals surface area contributed by atoms with E-state index in [4.69, 9.17) is 4.42 Å². The third kappa shape index (κ3) is 2.31. The van der Waals surface area contributed by atoms with Gasteiger partial charge >= 0.3 is 5.76 Å². The Bertz CT molecular complexity index is 1180. The highest BCUT2D eigenvalue weighted by molar-refractivity contribution is 7.93. The summed E-state index contributed by atoms with van der Waals surface area (Å²) in [5.41, 5.74) is 1.48. The highest BCUT2D eigenvalue weighted by Gasteiger charge is 2.32. The summed E-state index contributed by atoms with van der Waals surface area (Å²) in [6.45, 7) is -0.318. The number of amides is 1. The molecule has 1 N–H and O–H groups in total. The number of nitrogens with zero attached hydrogens (tertiary/aromatic N) is 2. The molecule has 4 rings (SSSR count). The molecule has 0 unspecified atom stereocenters. The first-order valence-electron chi connectivity index (χ1n) is 7.39. The highest BCUT2D eigenvalue weighted by atomic mass is 32.2. The quantitative estimate of drug-likeness (QED) is 0.743. The SMILES string of the molecule is Cn1c(=O)oc2ccc(S(=O)(=O)N3CC(=O)Nc4ccccc43)cc21.